The summed E-state index contributed by atoms with van der Waals surface area (Å²) in [5.74, 6) is 0.517. The van der Waals surface area contributed by atoms with Crippen molar-refractivity contribution in [1.29, 1.82) is 0 Å². The zero-order valence-electron chi connectivity index (χ0n) is 14.5. The average Bonchev–Trinajstić information content (AvgIpc) is 2.58. The van der Waals surface area contributed by atoms with E-state index < -0.39 is 6.10 Å². The van der Waals surface area contributed by atoms with Gasteiger partial charge in [-0.1, -0.05) is 55.8 Å². The molecule has 134 valence electrons. The lowest BCUT2D eigenvalue weighted by Gasteiger charge is -2.28. The van der Waals surface area contributed by atoms with Crippen LogP contribution in [0, 0.1) is 5.92 Å². The van der Waals surface area contributed by atoms with Gasteiger partial charge in [-0.2, -0.15) is 0 Å². The predicted molar refractivity (Wildman–Crippen MR) is 98.1 cm³/mol. The van der Waals surface area contributed by atoms with E-state index in [1.54, 1.807) is 7.11 Å². The molecule has 0 spiro atoms. The van der Waals surface area contributed by atoms with E-state index in [0.717, 1.165) is 23.4 Å². The number of hydrogen-bond donors (Lipinski definition) is 2. The molecule has 0 bridgehead atoms. The molecule has 5 heteroatoms. The summed E-state index contributed by atoms with van der Waals surface area (Å²) in [7, 11) is 1.56. The van der Waals surface area contributed by atoms with Gasteiger partial charge in [0.2, 0.25) is 0 Å². The second kappa shape index (κ2) is 10.0. The summed E-state index contributed by atoms with van der Waals surface area (Å²) in [5, 5.41) is 3.66. The van der Waals surface area contributed by atoms with Crippen molar-refractivity contribution >= 4 is 17.5 Å². The molecule has 1 aliphatic rings. The van der Waals surface area contributed by atoms with E-state index in [2.05, 4.69) is 5.32 Å². The normalized spacial score (nSPS) is 18.1. The maximum Gasteiger partial charge on any atom is 0.250 e. The van der Waals surface area contributed by atoms with Gasteiger partial charge < -0.3 is 15.8 Å². The predicted octanol–water partition coefficient (Wildman–Crippen LogP) is 3.31. The van der Waals surface area contributed by atoms with Gasteiger partial charge in [0.05, 0.1) is 0 Å². The third-order valence-electron chi connectivity index (χ3n) is 4.86. The highest BCUT2D eigenvalue weighted by atomic mass is 35.5. The molecule has 2 unspecified atom stereocenters. The largest absolute Gasteiger partial charge is 0.370 e. The van der Waals surface area contributed by atoms with E-state index >= 15 is 0 Å². The maximum absolute atomic E-state index is 12.4. The third kappa shape index (κ3) is 6.08. The standard InChI is InChI=1S/C19H29ClN2O2/c1-24-18(17(21)13-15-5-3-2-4-6-15)19(23)22-12-11-14-7-9-16(20)10-8-14/h7-10,15,17-18H,2-6,11-13,21H2,1H3,(H,22,23). The molecule has 2 rings (SSSR count). The summed E-state index contributed by atoms with van der Waals surface area (Å²) in [6, 6.07) is 7.41. The number of nitrogens with one attached hydrogen (secondary N) is 1. The van der Waals surface area contributed by atoms with Crippen LogP contribution in [-0.2, 0) is 16.0 Å². The van der Waals surface area contributed by atoms with Crippen LogP contribution in [0.4, 0.5) is 0 Å². The molecule has 1 saturated carbocycles. The maximum atomic E-state index is 12.4. The van der Waals surface area contributed by atoms with Crippen LogP contribution < -0.4 is 11.1 Å². The van der Waals surface area contributed by atoms with Crippen LogP contribution in [0.3, 0.4) is 0 Å². The first kappa shape index (κ1) is 19.2. The van der Waals surface area contributed by atoms with Gasteiger partial charge in [-0.15, -0.1) is 0 Å². The van der Waals surface area contributed by atoms with Gasteiger partial charge in [0.1, 0.15) is 0 Å². The van der Waals surface area contributed by atoms with Crippen LogP contribution in [0.2, 0.25) is 5.02 Å². The Bertz CT molecular complexity index is 501. The molecule has 4 nitrogen and oxygen atoms in total. The first-order valence-electron chi connectivity index (χ1n) is 8.90. The first-order chi connectivity index (χ1) is 11.6. The second-order valence-corrected chi connectivity index (χ2v) is 7.16. The summed E-state index contributed by atoms with van der Waals surface area (Å²) >= 11 is 5.87. The minimum atomic E-state index is -0.572. The Morgan fingerprint density at radius 2 is 1.96 bits per heavy atom. The molecule has 1 aromatic rings. The van der Waals surface area contributed by atoms with Crippen LogP contribution in [0.15, 0.2) is 24.3 Å². The van der Waals surface area contributed by atoms with E-state index in [1.807, 2.05) is 24.3 Å². The minimum absolute atomic E-state index is 0.116. The van der Waals surface area contributed by atoms with Crippen molar-refractivity contribution in [2.24, 2.45) is 11.7 Å². The van der Waals surface area contributed by atoms with E-state index in [0.29, 0.717) is 12.5 Å². The van der Waals surface area contributed by atoms with Crippen molar-refractivity contribution < 1.29 is 9.53 Å². The Hall–Kier alpha value is -1.10. The Labute approximate surface area is 150 Å². The smallest absolute Gasteiger partial charge is 0.250 e. The SMILES string of the molecule is COC(C(=O)NCCc1ccc(Cl)cc1)C(N)CC1CCCCC1. The molecule has 1 aliphatic carbocycles. The second-order valence-electron chi connectivity index (χ2n) is 6.73. The van der Waals surface area contributed by atoms with Gasteiger partial charge in [0, 0.05) is 24.7 Å². The molecule has 0 aliphatic heterocycles. The number of carbonyl (C=O) groups excluding carboxylic acids is 1. The number of ether oxygens (including phenoxy) is 1. The zero-order valence-corrected chi connectivity index (χ0v) is 15.2. The van der Waals surface area contributed by atoms with Gasteiger partial charge in [-0.05, 0) is 36.5 Å². The Morgan fingerprint density at radius 1 is 1.29 bits per heavy atom. The minimum Gasteiger partial charge on any atom is -0.370 e. The molecule has 0 heterocycles. The van der Waals surface area contributed by atoms with Gasteiger partial charge >= 0.3 is 0 Å². The highest BCUT2D eigenvalue weighted by Crippen LogP contribution is 2.27. The molecule has 3 N–H and O–H groups in total. The average molecular weight is 353 g/mol. The Balaban J connectivity index is 1.76. The summed E-state index contributed by atoms with van der Waals surface area (Å²) in [6.45, 7) is 0.566. The lowest BCUT2D eigenvalue weighted by molar-refractivity contribution is -0.132. The van der Waals surface area contributed by atoms with Crippen LogP contribution in [0.5, 0.6) is 0 Å². The first-order valence-corrected chi connectivity index (χ1v) is 9.28. The van der Waals surface area contributed by atoms with Gasteiger partial charge in [0.15, 0.2) is 6.10 Å². The summed E-state index contributed by atoms with van der Waals surface area (Å²) in [5.41, 5.74) is 7.40. The van der Waals surface area contributed by atoms with E-state index in [1.165, 1.54) is 32.1 Å². The van der Waals surface area contributed by atoms with E-state index in [4.69, 9.17) is 22.1 Å². The van der Waals surface area contributed by atoms with Gasteiger partial charge in [0.25, 0.3) is 5.91 Å². The molecule has 1 amide bonds. The molecular weight excluding hydrogens is 324 g/mol. The fourth-order valence-electron chi connectivity index (χ4n) is 3.49. The number of hydrogen-bond acceptors (Lipinski definition) is 3. The van der Waals surface area contributed by atoms with Crippen molar-refractivity contribution in [3.8, 4) is 0 Å². The molecule has 0 radical (unpaired) electrons. The molecule has 24 heavy (non-hydrogen) atoms. The number of methoxy groups -OCH3 is 1. The lowest BCUT2D eigenvalue weighted by atomic mass is 9.84. The highest BCUT2D eigenvalue weighted by Gasteiger charge is 2.28. The fourth-order valence-corrected chi connectivity index (χ4v) is 3.62. The van der Waals surface area contributed by atoms with Gasteiger partial charge in [-0.25, -0.2) is 0 Å². The van der Waals surface area contributed by atoms with Crippen molar-refractivity contribution in [2.75, 3.05) is 13.7 Å². The van der Waals surface area contributed by atoms with Crippen molar-refractivity contribution in [3.05, 3.63) is 34.9 Å². The van der Waals surface area contributed by atoms with E-state index in [-0.39, 0.29) is 11.9 Å². The van der Waals surface area contributed by atoms with Crippen molar-refractivity contribution in [2.45, 2.75) is 57.1 Å². The Morgan fingerprint density at radius 3 is 2.58 bits per heavy atom. The van der Waals surface area contributed by atoms with Gasteiger partial charge in [-0.3, -0.25) is 4.79 Å². The third-order valence-corrected chi connectivity index (χ3v) is 5.11. The monoisotopic (exact) mass is 352 g/mol. The summed E-state index contributed by atoms with van der Waals surface area (Å²) < 4.78 is 5.38. The number of benzene rings is 1. The fraction of sp³-hybridized carbons (Fsp3) is 0.632. The zero-order chi connectivity index (χ0) is 17.4. The van der Waals surface area contributed by atoms with Crippen LogP contribution in [-0.4, -0.2) is 31.7 Å². The topological polar surface area (TPSA) is 64.3 Å². The van der Waals surface area contributed by atoms with Crippen LogP contribution in [0.1, 0.15) is 44.1 Å². The van der Waals surface area contributed by atoms with Crippen LogP contribution in [0.25, 0.3) is 0 Å². The number of nitrogens with two attached hydrogens (primary N) is 1. The summed E-state index contributed by atoms with van der Waals surface area (Å²) in [6.07, 6.45) is 7.39. The molecule has 0 aromatic heterocycles. The Kier molecular flexibility index (Phi) is 8.03. The number of carbonyl (C=O) groups is 1. The quantitative estimate of drug-likeness (QED) is 0.754. The number of amides is 1. The molecule has 0 saturated heterocycles. The van der Waals surface area contributed by atoms with Crippen molar-refractivity contribution in [1.82, 2.24) is 5.32 Å². The summed E-state index contributed by atoms with van der Waals surface area (Å²) in [4.78, 5) is 12.4. The molecular formula is C19H29ClN2O2. The van der Waals surface area contributed by atoms with Crippen molar-refractivity contribution in [3.63, 3.8) is 0 Å². The highest BCUT2D eigenvalue weighted by molar-refractivity contribution is 6.30. The lowest BCUT2D eigenvalue weighted by Crippen LogP contribution is -2.48. The van der Waals surface area contributed by atoms with E-state index in [9.17, 15) is 4.79 Å². The molecule has 1 aromatic carbocycles. The molecule has 1 fully saturated rings. The van der Waals surface area contributed by atoms with Crippen LogP contribution >= 0.6 is 11.6 Å². The number of rotatable bonds is 8. The number of halogens is 1. The molecule has 2 atom stereocenters.